The number of carbonyl (C=O) groups excluding carboxylic acids is 2. The molecule has 1 heterocycles. The van der Waals surface area contributed by atoms with Gasteiger partial charge in [0.25, 0.3) is 11.8 Å². The number of anilines is 1. The SMILES string of the molecule is Cc1ccc(O)c(C(=O)NC2CCN(c3ccccc3C(N)=O)C2)c1. The summed E-state index contributed by atoms with van der Waals surface area (Å²) in [6.07, 6.45) is 0.755. The topological polar surface area (TPSA) is 95.7 Å². The molecule has 1 fully saturated rings. The van der Waals surface area contributed by atoms with Crippen molar-refractivity contribution in [2.45, 2.75) is 19.4 Å². The second kappa shape index (κ2) is 6.84. The number of carbonyl (C=O) groups is 2. The third-order valence-corrected chi connectivity index (χ3v) is 4.43. The molecule has 2 amide bonds. The standard InChI is InChI=1S/C19H21N3O3/c1-12-6-7-17(23)15(10-12)19(25)21-13-8-9-22(11-13)16-5-3-2-4-14(16)18(20)24/h2-7,10,13,23H,8-9,11H2,1H3,(H2,20,24)(H,21,25). The van der Waals surface area contributed by atoms with Crippen LogP contribution >= 0.6 is 0 Å². The summed E-state index contributed by atoms with van der Waals surface area (Å²) in [6, 6.07) is 12.1. The molecule has 2 aromatic rings. The van der Waals surface area contributed by atoms with Gasteiger partial charge in [0.05, 0.1) is 11.1 Å². The zero-order valence-electron chi connectivity index (χ0n) is 14.0. The summed E-state index contributed by atoms with van der Waals surface area (Å²) in [5.74, 6) is -0.791. The van der Waals surface area contributed by atoms with E-state index in [0.29, 0.717) is 12.1 Å². The molecule has 1 atom stereocenters. The summed E-state index contributed by atoms with van der Waals surface area (Å²) in [5.41, 5.74) is 7.88. The maximum absolute atomic E-state index is 12.4. The Kier molecular flexibility index (Phi) is 4.61. The van der Waals surface area contributed by atoms with E-state index in [4.69, 9.17) is 5.73 Å². The molecule has 0 spiro atoms. The van der Waals surface area contributed by atoms with Gasteiger partial charge in [-0.1, -0.05) is 23.8 Å². The number of primary amides is 1. The highest BCUT2D eigenvalue weighted by atomic mass is 16.3. The van der Waals surface area contributed by atoms with Gasteiger partial charge in [0.2, 0.25) is 0 Å². The minimum absolute atomic E-state index is 0.0305. The Morgan fingerprint density at radius 3 is 2.72 bits per heavy atom. The van der Waals surface area contributed by atoms with Crippen LogP contribution in [0.25, 0.3) is 0 Å². The Labute approximate surface area is 146 Å². The number of phenols is 1. The predicted octanol–water partition coefficient (Wildman–Crippen LogP) is 1.81. The second-order valence-corrected chi connectivity index (χ2v) is 6.31. The fourth-order valence-corrected chi connectivity index (χ4v) is 3.15. The third kappa shape index (κ3) is 3.57. The van der Waals surface area contributed by atoms with Crippen molar-refractivity contribution < 1.29 is 14.7 Å². The Morgan fingerprint density at radius 2 is 1.96 bits per heavy atom. The minimum atomic E-state index is -0.465. The Bertz CT molecular complexity index is 819. The van der Waals surface area contributed by atoms with Crippen LogP contribution in [-0.2, 0) is 0 Å². The van der Waals surface area contributed by atoms with Crippen LogP contribution in [-0.4, -0.2) is 36.1 Å². The molecule has 0 aromatic heterocycles. The van der Waals surface area contributed by atoms with E-state index < -0.39 is 5.91 Å². The van der Waals surface area contributed by atoms with Gasteiger partial charge in [-0.05, 0) is 37.6 Å². The van der Waals surface area contributed by atoms with Gasteiger partial charge in [0.1, 0.15) is 5.75 Å². The van der Waals surface area contributed by atoms with Crippen molar-refractivity contribution in [3.8, 4) is 5.75 Å². The molecule has 0 bridgehead atoms. The number of nitrogens with two attached hydrogens (primary N) is 1. The van der Waals surface area contributed by atoms with Gasteiger partial charge < -0.3 is 21.1 Å². The number of rotatable bonds is 4. The van der Waals surface area contributed by atoms with Crippen molar-refractivity contribution >= 4 is 17.5 Å². The number of hydrogen-bond acceptors (Lipinski definition) is 4. The highest BCUT2D eigenvalue weighted by Crippen LogP contribution is 2.25. The Morgan fingerprint density at radius 1 is 1.20 bits per heavy atom. The zero-order chi connectivity index (χ0) is 18.0. The summed E-state index contributed by atoms with van der Waals surface area (Å²) in [4.78, 5) is 26.1. The molecule has 1 aliphatic rings. The highest BCUT2D eigenvalue weighted by Gasteiger charge is 2.27. The van der Waals surface area contributed by atoms with E-state index in [-0.39, 0.29) is 23.3 Å². The Balaban J connectivity index is 1.71. The first-order chi connectivity index (χ1) is 12.0. The smallest absolute Gasteiger partial charge is 0.255 e. The molecule has 1 unspecified atom stereocenters. The number of phenolic OH excluding ortho intramolecular Hbond substituents is 1. The zero-order valence-corrected chi connectivity index (χ0v) is 14.0. The number of nitrogens with zero attached hydrogens (tertiary/aromatic N) is 1. The van der Waals surface area contributed by atoms with Crippen molar-refractivity contribution in [3.05, 3.63) is 59.2 Å². The number of amides is 2. The first-order valence-electron chi connectivity index (χ1n) is 8.20. The average Bonchev–Trinajstić information content (AvgIpc) is 3.05. The number of aryl methyl sites for hydroxylation is 1. The number of benzene rings is 2. The Hall–Kier alpha value is -3.02. The van der Waals surface area contributed by atoms with Crippen LogP contribution in [0, 0.1) is 6.92 Å². The largest absolute Gasteiger partial charge is 0.507 e. The number of para-hydroxylation sites is 1. The lowest BCUT2D eigenvalue weighted by atomic mass is 10.1. The maximum atomic E-state index is 12.4. The molecule has 4 N–H and O–H groups in total. The normalized spacial score (nSPS) is 16.7. The first kappa shape index (κ1) is 16.8. The van der Waals surface area contributed by atoms with E-state index in [1.54, 1.807) is 24.3 Å². The fourth-order valence-electron chi connectivity index (χ4n) is 3.15. The molecule has 2 aromatic carbocycles. The van der Waals surface area contributed by atoms with E-state index in [2.05, 4.69) is 5.32 Å². The molecular formula is C19H21N3O3. The molecule has 6 heteroatoms. The van der Waals surface area contributed by atoms with Crippen molar-refractivity contribution in [2.24, 2.45) is 5.73 Å². The van der Waals surface area contributed by atoms with Gasteiger partial charge in [0.15, 0.2) is 0 Å². The summed E-state index contributed by atoms with van der Waals surface area (Å²) in [5, 5.41) is 12.8. The van der Waals surface area contributed by atoms with Crippen molar-refractivity contribution in [3.63, 3.8) is 0 Å². The first-order valence-corrected chi connectivity index (χ1v) is 8.20. The molecule has 25 heavy (non-hydrogen) atoms. The van der Waals surface area contributed by atoms with Gasteiger partial charge in [-0.25, -0.2) is 0 Å². The van der Waals surface area contributed by atoms with Gasteiger partial charge in [0, 0.05) is 24.8 Å². The predicted molar refractivity (Wildman–Crippen MR) is 95.9 cm³/mol. The monoisotopic (exact) mass is 339 g/mol. The highest BCUT2D eigenvalue weighted by molar-refractivity contribution is 5.99. The van der Waals surface area contributed by atoms with E-state index in [0.717, 1.165) is 24.2 Å². The minimum Gasteiger partial charge on any atom is -0.507 e. The molecule has 0 radical (unpaired) electrons. The van der Waals surface area contributed by atoms with E-state index in [9.17, 15) is 14.7 Å². The second-order valence-electron chi connectivity index (χ2n) is 6.31. The van der Waals surface area contributed by atoms with Crippen molar-refractivity contribution in [2.75, 3.05) is 18.0 Å². The molecule has 1 saturated heterocycles. The lowest BCUT2D eigenvalue weighted by molar-refractivity contribution is 0.0936. The van der Waals surface area contributed by atoms with Crippen LogP contribution < -0.4 is 16.0 Å². The van der Waals surface area contributed by atoms with Gasteiger partial charge >= 0.3 is 0 Å². The molecule has 1 aliphatic heterocycles. The molecule has 0 aliphatic carbocycles. The van der Waals surface area contributed by atoms with Crippen LogP contribution in [0.3, 0.4) is 0 Å². The summed E-state index contributed by atoms with van der Waals surface area (Å²) in [7, 11) is 0. The van der Waals surface area contributed by atoms with Gasteiger partial charge in [-0.15, -0.1) is 0 Å². The van der Waals surface area contributed by atoms with Crippen molar-refractivity contribution in [1.29, 1.82) is 0 Å². The van der Waals surface area contributed by atoms with Crippen LogP contribution in [0.1, 0.15) is 32.7 Å². The van der Waals surface area contributed by atoms with E-state index >= 15 is 0 Å². The van der Waals surface area contributed by atoms with Crippen LogP contribution in [0.4, 0.5) is 5.69 Å². The maximum Gasteiger partial charge on any atom is 0.255 e. The van der Waals surface area contributed by atoms with Crippen LogP contribution in [0.2, 0.25) is 0 Å². The molecule has 3 rings (SSSR count). The third-order valence-electron chi connectivity index (χ3n) is 4.43. The fraction of sp³-hybridized carbons (Fsp3) is 0.263. The summed E-state index contributed by atoms with van der Waals surface area (Å²) >= 11 is 0. The van der Waals surface area contributed by atoms with E-state index in [1.165, 1.54) is 6.07 Å². The van der Waals surface area contributed by atoms with Crippen LogP contribution in [0.5, 0.6) is 5.75 Å². The summed E-state index contributed by atoms with van der Waals surface area (Å²) < 4.78 is 0. The quantitative estimate of drug-likeness (QED) is 0.791. The molecule has 130 valence electrons. The van der Waals surface area contributed by atoms with Gasteiger partial charge in [-0.3, -0.25) is 9.59 Å². The average molecular weight is 339 g/mol. The molecule has 6 nitrogen and oxygen atoms in total. The molecular weight excluding hydrogens is 318 g/mol. The summed E-state index contributed by atoms with van der Waals surface area (Å²) in [6.45, 7) is 3.17. The van der Waals surface area contributed by atoms with Crippen LogP contribution in [0.15, 0.2) is 42.5 Å². The van der Waals surface area contributed by atoms with Crippen molar-refractivity contribution in [1.82, 2.24) is 5.32 Å². The lowest BCUT2D eigenvalue weighted by Gasteiger charge is -2.21. The number of aromatic hydroxyl groups is 1. The molecule has 0 saturated carbocycles. The number of nitrogens with one attached hydrogen (secondary N) is 1. The number of hydrogen-bond donors (Lipinski definition) is 3. The lowest BCUT2D eigenvalue weighted by Crippen LogP contribution is -2.37. The van der Waals surface area contributed by atoms with E-state index in [1.807, 2.05) is 24.0 Å². The van der Waals surface area contributed by atoms with Gasteiger partial charge in [-0.2, -0.15) is 0 Å².